The molecule has 0 aliphatic carbocycles. The molecule has 0 fully saturated rings. The SMILES string of the molecule is CCN(CC(C)(C)O)C(=O)COc1ccc(Cl)cc1Br. The van der Waals surface area contributed by atoms with E-state index in [0.29, 0.717) is 21.8 Å². The molecule has 0 aliphatic heterocycles. The van der Waals surface area contributed by atoms with E-state index in [4.69, 9.17) is 16.3 Å². The summed E-state index contributed by atoms with van der Waals surface area (Å²) in [6, 6.07) is 5.10. The lowest BCUT2D eigenvalue weighted by Crippen LogP contribution is -2.44. The second kappa shape index (κ2) is 7.29. The van der Waals surface area contributed by atoms with Crippen LogP contribution in [-0.4, -0.2) is 41.2 Å². The number of carbonyl (C=O) groups excluding carboxylic acids is 1. The summed E-state index contributed by atoms with van der Waals surface area (Å²) in [7, 11) is 0. The van der Waals surface area contributed by atoms with Crippen molar-refractivity contribution in [3.63, 3.8) is 0 Å². The number of rotatable bonds is 6. The molecule has 0 spiro atoms. The Kier molecular flexibility index (Phi) is 6.30. The monoisotopic (exact) mass is 363 g/mol. The molecule has 0 atom stereocenters. The number of amides is 1. The van der Waals surface area contributed by atoms with E-state index in [0.717, 1.165) is 0 Å². The standard InChI is InChI=1S/C14H19BrClNO3/c1-4-17(9-14(2,3)19)13(18)8-20-12-6-5-10(16)7-11(12)15/h5-7,19H,4,8-9H2,1-3H3. The number of hydrogen-bond donors (Lipinski definition) is 1. The van der Waals surface area contributed by atoms with Gasteiger partial charge in [-0.05, 0) is 54.9 Å². The summed E-state index contributed by atoms with van der Waals surface area (Å²) >= 11 is 9.16. The number of likely N-dealkylation sites (N-methyl/N-ethyl adjacent to an activating group) is 1. The van der Waals surface area contributed by atoms with E-state index in [-0.39, 0.29) is 19.1 Å². The van der Waals surface area contributed by atoms with Crippen LogP contribution in [-0.2, 0) is 4.79 Å². The predicted molar refractivity (Wildman–Crippen MR) is 83.2 cm³/mol. The van der Waals surface area contributed by atoms with Crippen LogP contribution in [0.25, 0.3) is 0 Å². The summed E-state index contributed by atoms with van der Waals surface area (Å²) in [6.07, 6.45) is 0. The highest BCUT2D eigenvalue weighted by Gasteiger charge is 2.21. The van der Waals surface area contributed by atoms with Crippen molar-refractivity contribution in [2.75, 3.05) is 19.7 Å². The molecule has 0 saturated carbocycles. The molecule has 20 heavy (non-hydrogen) atoms. The Hall–Kier alpha value is -0.780. The quantitative estimate of drug-likeness (QED) is 0.844. The zero-order valence-corrected chi connectivity index (χ0v) is 14.2. The van der Waals surface area contributed by atoms with Crippen molar-refractivity contribution in [1.82, 2.24) is 4.90 Å². The van der Waals surface area contributed by atoms with Crippen molar-refractivity contribution in [3.8, 4) is 5.75 Å². The molecule has 4 nitrogen and oxygen atoms in total. The van der Waals surface area contributed by atoms with Crippen molar-refractivity contribution >= 4 is 33.4 Å². The Morgan fingerprint density at radius 3 is 2.65 bits per heavy atom. The number of halogens is 2. The van der Waals surface area contributed by atoms with Crippen molar-refractivity contribution < 1.29 is 14.6 Å². The normalized spacial score (nSPS) is 11.3. The van der Waals surface area contributed by atoms with Gasteiger partial charge >= 0.3 is 0 Å². The van der Waals surface area contributed by atoms with Crippen LogP contribution in [0, 0.1) is 0 Å². The molecule has 0 aliphatic rings. The van der Waals surface area contributed by atoms with Gasteiger partial charge in [0.15, 0.2) is 6.61 Å². The van der Waals surface area contributed by atoms with Crippen LogP contribution in [0.2, 0.25) is 5.02 Å². The van der Waals surface area contributed by atoms with Gasteiger partial charge in [-0.15, -0.1) is 0 Å². The lowest BCUT2D eigenvalue weighted by molar-refractivity contribution is -0.136. The zero-order valence-electron chi connectivity index (χ0n) is 11.8. The van der Waals surface area contributed by atoms with Crippen molar-refractivity contribution in [2.45, 2.75) is 26.4 Å². The van der Waals surface area contributed by atoms with Gasteiger partial charge in [-0.25, -0.2) is 0 Å². The number of benzene rings is 1. The summed E-state index contributed by atoms with van der Waals surface area (Å²) in [4.78, 5) is 13.6. The fourth-order valence-electron chi connectivity index (χ4n) is 1.67. The van der Waals surface area contributed by atoms with Crippen LogP contribution in [0.15, 0.2) is 22.7 Å². The average Bonchev–Trinajstić information content (AvgIpc) is 2.33. The lowest BCUT2D eigenvalue weighted by Gasteiger charge is -2.28. The van der Waals surface area contributed by atoms with E-state index in [1.54, 1.807) is 36.9 Å². The van der Waals surface area contributed by atoms with Crippen LogP contribution < -0.4 is 4.74 Å². The van der Waals surface area contributed by atoms with Gasteiger partial charge in [0.2, 0.25) is 0 Å². The molecule has 1 rings (SSSR count). The van der Waals surface area contributed by atoms with E-state index in [1.165, 1.54) is 0 Å². The minimum absolute atomic E-state index is 0.0792. The summed E-state index contributed by atoms with van der Waals surface area (Å²) in [5.74, 6) is 0.388. The Balaban J connectivity index is 2.61. The Labute approximate surface area is 132 Å². The molecule has 0 aromatic heterocycles. The third kappa shape index (κ3) is 5.69. The van der Waals surface area contributed by atoms with Crippen LogP contribution in [0.5, 0.6) is 5.75 Å². The predicted octanol–water partition coefficient (Wildman–Crippen LogP) is 3.10. The first kappa shape index (κ1) is 17.3. The lowest BCUT2D eigenvalue weighted by atomic mass is 10.1. The second-order valence-electron chi connectivity index (χ2n) is 5.08. The Morgan fingerprint density at radius 2 is 2.15 bits per heavy atom. The first-order valence-corrected chi connectivity index (χ1v) is 7.48. The topological polar surface area (TPSA) is 49.8 Å². The molecule has 0 heterocycles. The number of ether oxygens (including phenoxy) is 1. The molecule has 1 N–H and O–H groups in total. The fourth-order valence-corrected chi connectivity index (χ4v) is 2.46. The van der Waals surface area contributed by atoms with Gasteiger partial charge in [0.05, 0.1) is 10.1 Å². The summed E-state index contributed by atoms with van der Waals surface area (Å²) in [5.41, 5.74) is -0.924. The van der Waals surface area contributed by atoms with Gasteiger partial charge in [0.25, 0.3) is 5.91 Å². The van der Waals surface area contributed by atoms with E-state index in [9.17, 15) is 9.90 Å². The van der Waals surface area contributed by atoms with Crippen LogP contribution >= 0.6 is 27.5 Å². The van der Waals surface area contributed by atoms with E-state index < -0.39 is 5.60 Å². The molecule has 0 bridgehead atoms. The summed E-state index contributed by atoms with van der Waals surface area (Å²) in [6.45, 7) is 5.91. The maximum atomic E-state index is 12.1. The van der Waals surface area contributed by atoms with Gasteiger partial charge in [-0.3, -0.25) is 4.79 Å². The van der Waals surface area contributed by atoms with Gasteiger partial charge in [0, 0.05) is 18.1 Å². The summed E-state index contributed by atoms with van der Waals surface area (Å²) in [5, 5.41) is 10.4. The molecule has 0 radical (unpaired) electrons. The van der Waals surface area contributed by atoms with Crippen molar-refractivity contribution in [3.05, 3.63) is 27.7 Å². The zero-order chi connectivity index (χ0) is 15.3. The van der Waals surface area contributed by atoms with Gasteiger partial charge in [0.1, 0.15) is 5.75 Å². The van der Waals surface area contributed by atoms with E-state index >= 15 is 0 Å². The summed E-state index contributed by atoms with van der Waals surface area (Å²) < 4.78 is 6.17. The first-order chi connectivity index (χ1) is 9.23. The Morgan fingerprint density at radius 1 is 1.50 bits per heavy atom. The molecular formula is C14H19BrClNO3. The van der Waals surface area contributed by atoms with E-state index in [1.807, 2.05) is 6.92 Å². The molecule has 1 aromatic rings. The van der Waals surface area contributed by atoms with Crippen molar-refractivity contribution in [1.29, 1.82) is 0 Å². The largest absolute Gasteiger partial charge is 0.483 e. The highest BCUT2D eigenvalue weighted by molar-refractivity contribution is 9.10. The average molecular weight is 365 g/mol. The van der Waals surface area contributed by atoms with Crippen LogP contribution in [0.1, 0.15) is 20.8 Å². The van der Waals surface area contributed by atoms with E-state index in [2.05, 4.69) is 15.9 Å². The highest BCUT2D eigenvalue weighted by atomic mass is 79.9. The van der Waals surface area contributed by atoms with Gasteiger partial charge in [-0.1, -0.05) is 11.6 Å². The minimum Gasteiger partial charge on any atom is -0.483 e. The number of nitrogens with zero attached hydrogens (tertiary/aromatic N) is 1. The highest BCUT2D eigenvalue weighted by Crippen LogP contribution is 2.27. The molecule has 6 heteroatoms. The third-order valence-electron chi connectivity index (χ3n) is 2.56. The molecule has 0 unspecified atom stereocenters. The molecule has 0 saturated heterocycles. The van der Waals surface area contributed by atoms with Crippen molar-refractivity contribution in [2.24, 2.45) is 0 Å². The van der Waals surface area contributed by atoms with Gasteiger partial charge < -0.3 is 14.7 Å². The molecule has 1 aromatic carbocycles. The van der Waals surface area contributed by atoms with Crippen LogP contribution in [0.4, 0.5) is 0 Å². The second-order valence-corrected chi connectivity index (χ2v) is 6.37. The Bertz CT molecular complexity index is 474. The molecule has 112 valence electrons. The van der Waals surface area contributed by atoms with Crippen LogP contribution in [0.3, 0.4) is 0 Å². The third-order valence-corrected chi connectivity index (χ3v) is 3.41. The molecule has 1 amide bonds. The number of aliphatic hydroxyl groups is 1. The number of hydrogen-bond acceptors (Lipinski definition) is 3. The maximum Gasteiger partial charge on any atom is 0.260 e. The molecular weight excluding hydrogens is 346 g/mol. The number of carbonyl (C=O) groups is 1. The smallest absolute Gasteiger partial charge is 0.260 e. The maximum absolute atomic E-state index is 12.1. The van der Waals surface area contributed by atoms with Gasteiger partial charge in [-0.2, -0.15) is 0 Å². The first-order valence-electron chi connectivity index (χ1n) is 6.31. The minimum atomic E-state index is -0.924. The fraction of sp³-hybridized carbons (Fsp3) is 0.500.